The molecule has 2 nitrogen and oxygen atoms in total. The zero-order valence-corrected chi connectivity index (χ0v) is 10.4. The molecule has 1 N–H and O–H groups in total. The van der Waals surface area contributed by atoms with Gasteiger partial charge in [-0.05, 0) is 24.5 Å². The molecule has 0 amide bonds. The molecule has 0 radical (unpaired) electrons. The number of aromatic nitrogens is 1. The summed E-state index contributed by atoms with van der Waals surface area (Å²) in [5.41, 5.74) is 0.992. The number of hydrogen-bond acceptors (Lipinski definition) is 3. The molecule has 0 saturated heterocycles. The van der Waals surface area contributed by atoms with E-state index in [9.17, 15) is 0 Å². The molecule has 1 saturated carbocycles. The minimum absolute atomic E-state index is 0.797. The number of benzene rings is 1. The number of thiazole rings is 1. The smallest absolute Gasteiger partial charge is 0.183 e. The zero-order chi connectivity index (χ0) is 11.0. The molecule has 1 aromatic heterocycles. The Morgan fingerprint density at radius 2 is 2.31 bits per heavy atom. The molecule has 1 heterocycles. The highest BCUT2D eigenvalue weighted by molar-refractivity contribution is 7.22. The summed E-state index contributed by atoms with van der Waals surface area (Å²) in [5.74, 6) is 0.963. The maximum atomic E-state index is 6.11. The summed E-state index contributed by atoms with van der Waals surface area (Å²) < 4.78 is 1.08. The highest BCUT2D eigenvalue weighted by Gasteiger charge is 2.20. The minimum Gasteiger partial charge on any atom is -0.361 e. The number of anilines is 1. The monoisotopic (exact) mass is 252 g/mol. The van der Waals surface area contributed by atoms with Gasteiger partial charge in [-0.25, -0.2) is 4.98 Å². The van der Waals surface area contributed by atoms with Crippen LogP contribution in [0.1, 0.15) is 19.3 Å². The molecule has 0 atom stereocenters. The first-order valence-corrected chi connectivity index (χ1v) is 6.81. The van der Waals surface area contributed by atoms with Gasteiger partial charge in [0.25, 0.3) is 0 Å². The topological polar surface area (TPSA) is 24.9 Å². The minimum atomic E-state index is 0.797. The van der Waals surface area contributed by atoms with Crippen LogP contribution >= 0.6 is 22.9 Å². The second-order valence-corrected chi connectivity index (χ2v) is 5.67. The third-order valence-electron chi connectivity index (χ3n) is 2.89. The summed E-state index contributed by atoms with van der Waals surface area (Å²) in [6, 6.07) is 5.86. The van der Waals surface area contributed by atoms with Crippen LogP contribution in [0, 0.1) is 5.92 Å². The Morgan fingerprint density at radius 1 is 1.44 bits per heavy atom. The van der Waals surface area contributed by atoms with E-state index in [-0.39, 0.29) is 0 Å². The lowest BCUT2D eigenvalue weighted by molar-refractivity contribution is 0.760. The second-order valence-electron chi connectivity index (χ2n) is 4.27. The first-order valence-electron chi connectivity index (χ1n) is 5.62. The first kappa shape index (κ1) is 10.4. The van der Waals surface area contributed by atoms with Crippen LogP contribution in [0.15, 0.2) is 18.2 Å². The molecule has 2 aromatic rings. The Hall–Kier alpha value is -0.800. The molecular weight excluding hydrogens is 240 g/mol. The van der Waals surface area contributed by atoms with E-state index in [1.54, 1.807) is 11.3 Å². The van der Waals surface area contributed by atoms with Crippen LogP contribution in [0.4, 0.5) is 5.13 Å². The molecule has 0 unspecified atom stereocenters. The predicted octanol–water partition coefficient (Wildman–Crippen LogP) is 4.16. The van der Waals surface area contributed by atoms with Crippen LogP contribution in [0.25, 0.3) is 10.2 Å². The molecular formula is C12H13ClN2S. The van der Waals surface area contributed by atoms with E-state index < -0.39 is 0 Å². The van der Waals surface area contributed by atoms with Crippen molar-refractivity contribution in [3.05, 3.63) is 23.2 Å². The molecule has 1 fully saturated rings. The van der Waals surface area contributed by atoms with Gasteiger partial charge >= 0.3 is 0 Å². The van der Waals surface area contributed by atoms with Gasteiger partial charge in [-0.3, -0.25) is 0 Å². The highest BCUT2D eigenvalue weighted by Crippen LogP contribution is 2.34. The number of fused-ring (bicyclic) bond motifs is 1. The Balaban J connectivity index is 1.73. The van der Waals surface area contributed by atoms with Crippen molar-refractivity contribution < 1.29 is 0 Å². The van der Waals surface area contributed by atoms with Gasteiger partial charge in [0.15, 0.2) is 5.13 Å². The SMILES string of the molecule is Clc1cccc2nc(NCCC3CC3)sc12. The number of nitrogens with zero attached hydrogens (tertiary/aromatic N) is 1. The Morgan fingerprint density at radius 3 is 3.06 bits per heavy atom. The fraction of sp³-hybridized carbons (Fsp3) is 0.417. The van der Waals surface area contributed by atoms with Crippen LogP contribution in [0.2, 0.25) is 5.02 Å². The molecule has 16 heavy (non-hydrogen) atoms. The summed E-state index contributed by atoms with van der Waals surface area (Å²) in [4.78, 5) is 4.51. The van der Waals surface area contributed by atoms with Crippen LogP contribution in [0.3, 0.4) is 0 Å². The lowest BCUT2D eigenvalue weighted by Gasteiger charge is -1.99. The van der Waals surface area contributed by atoms with Gasteiger partial charge in [-0.1, -0.05) is 41.8 Å². The maximum Gasteiger partial charge on any atom is 0.183 e. The molecule has 4 heteroatoms. The standard InChI is InChI=1S/C12H13ClN2S/c13-9-2-1-3-10-11(9)16-12(15-10)14-7-6-8-4-5-8/h1-3,8H,4-7H2,(H,14,15). The Labute approximate surface area is 104 Å². The number of rotatable bonds is 4. The van der Waals surface area contributed by atoms with Gasteiger partial charge in [0.1, 0.15) is 0 Å². The third kappa shape index (κ3) is 2.15. The normalized spacial score (nSPS) is 15.6. The summed E-state index contributed by atoms with van der Waals surface area (Å²) in [7, 11) is 0. The van der Waals surface area contributed by atoms with Crippen molar-refractivity contribution in [1.82, 2.24) is 4.98 Å². The quantitative estimate of drug-likeness (QED) is 0.884. The molecule has 3 rings (SSSR count). The second kappa shape index (κ2) is 4.22. The Bertz CT molecular complexity index is 505. The van der Waals surface area contributed by atoms with E-state index >= 15 is 0 Å². The van der Waals surface area contributed by atoms with Crippen molar-refractivity contribution in [2.75, 3.05) is 11.9 Å². The zero-order valence-electron chi connectivity index (χ0n) is 8.87. The van der Waals surface area contributed by atoms with Crippen molar-refractivity contribution in [2.24, 2.45) is 5.92 Å². The first-order chi connectivity index (χ1) is 7.83. The van der Waals surface area contributed by atoms with Gasteiger partial charge in [0, 0.05) is 6.54 Å². The van der Waals surface area contributed by atoms with E-state index in [4.69, 9.17) is 11.6 Å². The van der Waals surface area contributed by atoms with Gasteiger partial charge < -0.3 is 5.32 Å². The van der Waals surface area contributed by atoms with Crippen molar-refractivity contribution in [3.63, 3.8) is 0 Å². The molecule has 0 bridgehead atoms. The van der Waals surface area contributed by atoms with E-state index in [0.717, 1.165) is 32.8 Å². The van der Waals surface area contributed by atoms with Gasteiger partial charge in [-0.2, -0.15) is 0 Å². The van der Waals surface area contributed by atoms with Crippen LogP contribution in [0.5, 0.6) is 0 Å². The van der Waals surface area contributed by atoms with Gasteiger partial charge in [0.2, 0.25) is 0 Å². The van der Waals surface area contributed by atoms with Crippen LogP contribution < -0.4 is 5.32 Å². The van der Waals surface area contributed by atoms with E-state index in [2.05, 4.69) is 10.3 Å². The molecule has 84 valence electrons. The molecule has 0 spiro atoms. The maximum absolute atomic E-state index is 6.11. The van der Waals surface area contributed by atoms with E-state index in [1.165, 1.54) is 19.3 Å². The van der Waals surface area contributed by atoms with Crippen molar-refractivity contribution >= 4 is 38.3 Å². The fourth-order valence-corrected chi connectivity index (χ4v) is 2.96. The van der Waals surface area contributed by atoms with Crippen LogP contribution in [-0.4, -0.2) is 11.5 Å². The lowest BCUT2D eigenvalue weighted by Crippen LogP contribution is -2.01. The molecule has 0 aliphatic heterocycles. The number of halogens is 1. The number of nitrogens with one attached hydrogen (secondary N) is 1. The summed E-state index contributed by atoms with van der Waals surface area (Å²) in [6.07, 6.45) is 4.09. The van der Waals surface area contributed by atoms with Crippen molar-refractivity contribution in [3.8, 4) is 0 Å². The van der Waals surface area contributed by atoms with Crippen molar-refractivity contribution in [1.29, 1.82) is 0 Å². The Kier molecular flexibility index (Phi) is 2.74. The summed E-state index contributed by atoms with van der Waals surface area (Å²) >= 11 is 7.75. The largest absolute Gasteiger partial charge is 0.361 e. The van der Waals surface area contributed by atoms with Gasteiger partial charge in [-0.15, -0.1) is 0 Å². The summed E-state index contributed by atoms with van der Waals surface area (Å²) in [6.45, 7) is 1.03. The third-order valence-corrected chi connectivity index (χ3v) is 4.38. The molecule has 1 aromatic carbocycles. The van der Waals surface area contributed by atoms with Crippen molar-refractivity contribution in [2.45, 2.75) is 19.3 Å². The average molecular weight is 253 g/mol. The fourth-order valence-electron chi connectivity index (χ4n) is 1.78. The molecule has 1 aliphatic carbocycles. The van der Waals surface area contributed by atoms with Gasteiger partial charge in [0.05, 0.1) is 15.2 Å². The highest BCUT2D eigenvalue weighted by atomic mass is 35.5. The molecule has 1 aliphatic rings. The average Bonchev–Trinajstić information content (AvgIpc) is 2.98. The summed E-state index contributed by atoms with van der Waals surface area (Å²) in [5, 5.41) is 5.17. The van der Waals surface area contributed by atoms with E-state index in [0.29, 0.717) is 0 Å². The van der Waals surface area contributed by atoms with Crippen LogP contribution in [-0.2, 0) is 0 Å². The lowest BCUT2D eigenvalue weighted by atomic mass is 10.3. The number of hydrogen-bond donors (Lipinski definition) is 1. The van der Waals surface area contributed by atoms with E-state index in [1.807, 2.05) is 18.2 Å². The predicted molar refractivity (Wildman–Crippen MR) is 70.5 cm³/mol.